The van der Waals surface area contributed by atoms with Gasteiger partial charge in [0.15, 0.2) is 0 Å². The molecular weight excluding hydrogens is 246 g/mol. The molecule has 2 aromatic rings. The number of benzene rings is 1. The Hall–Kier alpha value is -1.77. The number of H-pyrrole nitrogens is 1. The molecular formula is C17H23N3. The van der Waals surface area contributed by atoms with E-state index in [4.69, 9.17) is 0 Å². The molecule has 106 valence electrons. The first-order chi connectivity index (χ1) is 9.43. The Morgan fingerprint density at radius 3 is 2.55 bits per heavy atom. The fraction of sp³-hybridized carbons (Fsp3) is 0.471. The number of aromatic amines is 1. The lowest BCUT2D eigenvalue weighted by atomic mass is 9.85. The van der Waals surface area contributed by atoms with Crippen LogP contribution in [0.5, 0.6) is 0 Å². The molecule has 1 aliphatic carbocycles. The van der Waals surface area contributed by atoms with Crippen molar-refractivity contribution in [2.24, 2.45) is 0 Å². The van der Waals surface area contributed by atoms with Gasteiger partial charge < -0.3 is 5.32 Å². The third-order valence-corrected chi connectivity index (χ3v) is 3.89. The molecule has 0 amide bonds. The quantitative estimate of drug-likeness (QED) is 0.874. The topological polar surface area (TPSA) is 40.7 Å². The third kappa shape index (κ3) is 2.72. The van der Waals surface area contributed by atoms with E-state index in [0.717, 1.165) is 11.5 Å². The highest BCUT2D eigenvalue weighted by Crippen LogP contribution is 2.30. The minimum atomic E-state index is 0.190. The minimum absolute atomic E-state index is 0.190. The summed E-state index contributed by atoms with van der Waals surface area (Å²) in [5.41, 5.74) is 5.17. The second kappa shape index (κ2) is 4.65. The van der Waals surface area contributed by atoms with E-state index in [0.29, 0.717) is 6.04 Å². The van der Waals surface area contributed by atoms with Crippen LogP contribution in [0.1, 0.15) is 44.7 Å². The predicted octanol–water partition coefficient (Wildman–Crippen LogP) is 4.26. The van der Waals surface area contributed by atoms with Crippen LogP contribution in [0.4, 0.5) is 5.82 Å². The molecule has 0 bridgehead atoms. The van der Waals surface area contributed by atoms with Crippen LogP contribution in [0.2, 0.25) is 0 Å². The Morgan fingerprint density at radius 2 is 1.95 bits per heavy atom. The lowest BCUT2D eigenvalue weighted by molar-refractivity contribution is 0.590. The van der Waals surface area contributed by atoms with Crippen LogP contribution in [0.25, 0.3) is 11.3 Å². The fourth-order valence-corrected chi connectivity index (χ4v) is 2.40. The van der Waals surface area contributed by atoms with Gasteiger partial charge in [0.25, 0.3) is 0 Å². The lowest BCUT2D eigenvalue weighted by Crippen LogP contribution is -2.11. The van der Waals surface area contributed by atoms with Gasteiger partial charge in [0.1, 0.15) is 5.82 Å². The van der Waals surface area contributed by atoms with Gasteiger partial charge in [-0.15, -0.1) is 0 Å². The summed E-state index contributed by atoms with van der Waals surface area (Å²) in [6.45, 7) is 8.90. The van der Waals surface area contributed by atoms with E-state index in [1.165, 1.54) is 29.5 Å². The number of aryl methyl sites for hydroxylation is 1. The molecule has 1 aromatic carbocycles. The Balaban J connectivity index is 1.87. The molecule has 20 heavy (non-hydrogen) atoms. The van der Waals surface area contributed by atoms with Gasteiger partial charge in [-0.25, -0.2) is 0 Å². The van der Waals surface area contributed by atoms with Gasteiger partial charge in [0.2, 0.25) is 0 Å². The van der Waals surface area contributed by atoms with Crippen LogP contribution in [-0.2, 0) is 5.41 Å². The highest BCUT2D eigenvalue weighted by molar-refractivity contribution is 5.67. The van der Waals surface area contributed by atoms with Gasteiger partial charge >= 0.3 is 0 Å². The van der Waals surface area contributed by atoms with E-state index < -0.39 is 0 Å². The molecule has 1 aliphatic rings. The smallest absolute Gasteiger partial charge is 0.148 e. The second-order valence-corrected chi connectivity index (χ2v) is 6.87. The molecule has 0 radical (unpaired) electrons. The molecule has 0 saturated heterocycles. The Labute approximate surface area is 120 Å². The zero-order valence-electron chi connectivity index (χ0n) is 12.7. The van der Waals surface area contributed by atoms with Gasteiger partial charge in [0, 0.05) is 17.7 Å². The highest BCUT2D eigenvalue weighted by Gasteiger charge is 2.22. The molecule has 0 aliphatic heterocycles. The molecule has 1 aromatic heterocycles. The van der Waals surface area contributed by atoms with E-state index >= 15 is 0 Å². The highest BCUT2D eigenvalue weighted by atomic mass is 15.2. The van der Waals surface area contributed by atoms with Crippen molar-refractivity contribution in [2.45, 2.75) is 52.0 Å². The van der Waals surface area contributed by atoms with Crippen LogP contribution in [0.3, 0.4) is 0 Å². The molecule has 0 spiro atoms. The summed E-state index contributed by atoms with van der Waals surface area (Å²) in [4.78, 5) is 0. The Morgan fingerprint density at radius 1 is 1.20 bits per heavy atom. The number of nitrogens with zero attached hydrogens (tertiary/aromatic N) is 1. The summed E-state index contributed by atoms with van der Waals surface area (Å²) < 4.78 is 0. The molecule has 1 heterocycles. The molecule has 3 heteroatoms. The van der Waals surface area contributed by atoms with Crippen LogP contribution < -0.4 is 5.32 Å². The van der Waals surface area contributed by atoms with Crippen molar-refractivity contribution in [1.29, 1.82) is 0 Å². The Kier molecular flexibility index (Phi) is 3.08. The van der Waals surface area contributed by atoms with E-state index in [2.05, 4.69) is 67.5 Å². The van der Waals surface area contributed by atoms with Crippen LogP contribution in [-0.4, -0.2) is 16.2 Å². The molecule has 1 fully saturated rings. The number of anilines is 1. The summed E-state index contributed by atoms with van der Waals surface area (Å²) >= 11 is 0. The largest absolute Gasteiger partial charge is 0.366 e. The van der Waals surface area contributed by atoms with Gasteiger partial charge in [-0.05, 0) is 36.3 Å². The maximum atomic E-state index is 4.35. The van der Waals surface area contributed by atoms with Gasteiger partial charge in [0.05, 0.1) is 5.69 Å². The Bertz CT molecular complexity index is 615. The van der Waals surface area contributed by atoms with E-state index in [9.17, 15) is 0 Å². The summed E-state index contributed by atoms with van der Waals surface area (Å²) in [6.07, 6.45) is 2.53. The van der Waals surface area contributed by atoms with Crippen LogP contribution >= 0.6 is 0 Å². The normalized spacial score (nSPS) is 15.4. The average Bonchev–Trinajstić information content (AvgIpc) is 3.05. The van der Waals surface area contributed by atoms with Crippen molar-refractivity contribution < 1.29 is 0 Å². The maximum Gasteiger partial charge on any atom is 0.148 e. The molecule has 0 atom stereocenters. The van der Waals surface area contributed by atoms with Gasteiger partial charge in [-0.3, -0.25) is 5.10 Å². The van der Waals surface area contributed by atoms with E-state index in [-0.39, 0.29) is 5.41 Å². The van der Waals surface area contributed by atoms with Gasteiger partial charge in [-0.1, -0.05) is 39.0 Å². The summed E-state index contributed by atoms with van der Waals surface area (Å²) in [7, 11) is 0. The number of rotatable bonds is 3. The molecule has 0 unspecified atom stereocenters. The van der Waals surface area contributed by atoms with E-state index in [1.54, 1.807) is 0 Å². The van der Waals surface area contributed by atoms with Crippen molar-refractivity contribution >= 4 is 5.82 Å². The number of hydrogen-bond acceptors (Lipinski definition) is 2. The van der Waals surface area contributed by atoms with Crippen molar-refractivity contribution in [1.82, 2.24) is 10.2 Å². The fourth-order valence-electron chi connectivity index (χ4n) is 2.40. The van der Waals surface area contributed by atoms with Crippen LogP contribution in [0.15, 0.2) is 24.3 Å². The van der Waals surface area contributed by atoms with Crippen molar-refractivity contribution in [3.8, 4) is 11.3 Å². The summed E-state index contributed by atoms with van der Waals surface area (Å²) in [5.74, 6) is 0.960. The summed E-state index contributed by atoms with van der Waals surface area (Å²) in [6, 6.07) is 9.44. The van der Waals surface area contributed by atoms with Crippen molar-refractivity contribution in [2.75, 3.05) is 5.32 Å². The number of aromatic nitrogens is 2. The average molecular weight is 269 g/mol. The first kappa shape index (κ1) is 13.2. The molecule has 1 saturated carbocycles. The van der Waals surface area contributed by atoms with Gasteiger partial charge in [-0.2, -0.15) is 5.10 Å². The third-order valence-electron chi connectivity index (χ3n) is 3.89. The van der Waals surface area contributed by atoms with Crippen molar-refractivity contribution in [3.05, 3.63) is 35.4 Å². The molecule has 3 nitrogen and oxygen atoms in total. The molecule has 3 rings (SSSR count). The number of hydrogen-bond donors (Lipinski definition) is 2. The predicted molar refractivity (Wildman–Crippen MR) is 84.1 cm³/mol. The minimum Gasteiger partial charge on any atom is -0.366 e. The monoisotopic (exact) mass is 269 g/mol. The summed E-state index contributed by atoms with van der Waals surface area (Å²) in [5, 5.41) is 10.9. The zero-order valence-corrected chi connectivity index (χ0v) is 12.7. The van der Waals surface area contributed by atoms with Crippen molar-refractivity contribution in [3.63, 3.8) is 0 Å². The van der Waals surface area contributed by atoms with E-state index in [1.807, 2.05) is 0 Å². The standard InChI is InChI=1S/C17H23N3/c1-11-9-12(17(2,3)4)5-8-14(11)15-10-16(20-19-15)18-13-6-7-13/h5,8-10,13H,6-7H2,1-4H3,(H2,18,19,20). The second-order valence-electron chi connectivity index (χ2n) is 6.87. The SMILES string of the molecule is Cc1cc(C(C)(C)C)ccc1-c1cc(NC2CC2)n[nH]1. The first-order valence-corrected chi connectivity index (χ1v) is 7.37. The maximum absolute atomic E-state index is 4.35. The lowest BCUT2D eigenvalue weighted by Gasteiger charge is -2.20. The van der Waals surface area contributed by atoms with Crippen LogP contribution in [0, 0.1) is 6.92 Å². The first-order valence-electron chi connectivity index (χ1n) is 7.37. The molecule has 2 N–H and O–H groups in total. The zero-order chi connectivity index (χ0) is 14.3. The number of nitrogens with one attached hydrogen (secondary N) is 2.